The number of carbonyl (C=O) groups excluding carboxylic acids is 1. The van der Waals surface area contributed by atoms with E-state index in [0.29, 0.717) is 11.4 Å². The van der Waals surface area contributed by atoms with Crippen molar-refractivity contribution >= 4 is 29.0 Å². The lowest BCUT2D eigenvalue weighted by molar-refractivity contribution is 0.130. The summed E-state index contributed by atoms with van der Waals surface area (Å²) in [6.45, 7) is 3.66. The van der Waals surface area contributed by atoms with Crippen LogP contribution in [-0.2, 0) is 4.74 Å². The van der Waals surface area contributed by atoms with Crippen LogP contribution in [0, 0.1) is 0 Å². The summed E-state index contributed by atoms with van der Waals surface area (Å²) in [5.74, 6) is 0.492. The number of ether oxygens (including phenoxy) is 2. The fourth-order valence-corrected chi connectivity index (χ4v) is 1.26. The maximum atomic E-state index is 11.5. The van der Waals surface area contributed by atoms with Crippen LogP contribution in [0.2, 0.25) is 0 Å². The summed E-state index contributed by atoms with van der Waals surface area (Å²) in [7, 11) is 0. The van der Waals surface area contributed by atoms with Gasteiger partial charge in [-0.15, -0.1) is 0 Å². The minimum atomic E-state index is -0.531. The van der Waals surface area contributed by atoms with E-state index in [-0.39, 0.29) is 17.7 Å². The van der Waals surface area contributed by atoms with E-state index in [0.717, 1.165) is 0 Å². The average Bonchev–Trinajstić information content (AvgIpc) is 2.26. The molecule has 0 heterocycles. The third-order valence-corrected chi connectivity index (χ3v) is 1.95. The van der Waals surface area contributed by atoms with Crippen LogP contribution in [0.5, 0.6) is 5.75 Å². The zero-order chi connectivity index (χ0) is 13.5. The second kappa shape index (κ2) is 6.80. The number of nitrogens with two attached hydrogens (primary N) is 1. The monoisotopic (exact) mass is 268 g/mol. The molecule has 0 saturated heterocycles. The van der Waals surface area contributed by atoms with Gasteiger partial charge in [0, 0.05) is 0 Å². The average molecular weight is 268 g/mol. The first-order chi connectivity index (χ1) is 8.49. The van der Waals surface area contributed by atoms with Crippen LogP contribution in [0.4, 0.5) is 10.5 Å². The summed E-state index contributed by atoms with van der Waals surface area (Å²) in [6, 6.07) is 6.98. The minimum Gasteiger partial charge on any atom is -0.484 e. The van der Waals surface area contributed by atoms with Crippen molar-refractivity contribution in [2.45, 2.75) is 20.0 Å². The van der Waals surface area contributed by atoms with Crippen LogP contribution >= 0.6 is 12.2 Å². The predicted molar refractivity (Wildman–Crippen MR) is 74.0 cm³/mol. The number of hydrogen-bond donors (Lipinski definition) is 2. The molecule has 1 rings (SSSR count). The standard InChI is InChI=1S/C12H16N2O3S/c1-8(2)17-12(15)14-9-5-3-4-6-10(9)16-7-11(13)18/h3-6,8H,7H2,1-2H3,(H2,13,18)(H,14,15). The van der Waals surface area contributed by atoms with Gasteiger partial charge in [-0.25, -0.2) is 4.79 Å². The molecule has 18 heavy (non-hydrogen) atoms. The lowest BCUT2D eigenvalue weighted by atomic mass is 10.3. The molecule has 6 heteroatoms. The van der Waals surface area contributed by atoms with E-state index < -0.39 is 6.09 Å². The van der Waals surface area contributed by atoms with Crippen LogP contribution in [0.3, 0.4) is 0 Å². The van der Waals surface area contributed by atoms with Gasteiger partial charge in [0.15, 0.2) is 0 Å². The number of benzene rings is 1. The largest absolute Gasteiger partial charge is 0.484 e. The highest BCUT2D eigenvalue weighted by Gasteiger charge is 2.09. The highest BCUT2D eigenvalue weighted by atomic mass is 32.1. The number of rotatable bonds is 5. The van der Waals surface area contributed by atoms with Crippen molar-refractivity contribution in [3.05, 3.63) is 24.3 Å². The number of carbonyl (C=O) groups is 1. The molecule has 0 bridgehead atoms. The number of anilines is 1. The number of nitrogens with one attached hydrogen (secondary N) is 1. The second-order valence-corrected chi connectivity index (χ2v) is 4.35. The van der Waals surface area contributed by atoms with Crippen LogP contribution < -0.4 is 15.8 Å². The number of para-hydroxylation sites is 2. The molecule has 0 aliphatic carbocycles. The molecule has 1 aromatic carbocycles. The Morgan fingerprint density at radius 2 is 2.11 bits per heavy atom. The molecule has 0 spiro atoms. The van der Waals surface area contributed by atoms with Gasteiger partial charge in [-0.3, -0.25) is 5.32 Å². The Hall–Kier alpha value is -1.82. The number of thiocarbonyl (C=S) groups is 1. The normalized spacial score (nSPS) is 9.94. The fraction of sp³-hybridized carbons (Fsp3) is 0.333. The maximum Gasteiger partial charge on any atom is 0.411 e. The van der Waals surface area contributed by atoms with Gasteiger partial charge in [-0.1, -0.05) is 24.4 Å². The highest BCUT2D eigenvalue weighted by Crippen LogP contribution is 2.23. The Morgan fingerprint density at radius 1 is 1.44 bits per heavy atom. The molecule has 3 N–H and O–H groups in total. The van der Waals surface area contributed by atoms with Gasteiger partial charge in [-0.2, -0.15) is 0 Å². The fourth-order valence-electron chi connectivity index (χ4n) is 1.20. The highest BCUT2D eigenvalue weighted by molar-refractivity contribution is 7.80. The third kappa shape index (κ3) is 5.01. The molecule has 0 fully saturated rings. The molecule has 5 nitrogen and oxygen atoms in total. The van der Waals surface area contributed by atoms with Gasteiger partial charge >= 0.3 is 6.09 Å². The second-order valence-electron chi connectivity index (χ2n) is 3.83. The number of hydrogen-bond acceptors (Lipinski definition) is 4. The van der Waals surface area contributed by atoms with Gasteiger partial charge in [0.05, 0.1) is 11.8 Å². The lowest BCUT2D eigenvalue weighted by Gasteiger charge is -2.13. The van der Waals surface area contributed by atoms with Crippen molar-refractivity contribution in [1.29, 1.82) is 0 Å². The van der Waals surface area contributed by atoms with E-state index in [1.165, 1.54) is 0 Å². The summed E-state index contributed by atoms with van der Waals surface area (Å²) in [6.07, 6.45) is -0.717. The molecule has 0 aromatic heterocycles. The summed E-state index contributed by atoms with van der Waals surface area (Å²) in [4.78, 5) is 11.7. The minimum absolute atomic E-state index is 0.118. The molecule has 0 aliphatic rings. The molecule has 1 amide bonds. The maximum absolute atomic E-state index is 11.5. The van der Waals surface area contributed by atoms with Crippen molar-refractivity contribution in [1.82, 2.24) is 0 Å². The lowest BCUT2D eigenvalue weighted by Crippen LogP contribution is -2.20. The Labute approximate surface area is 111 Å². The zero-order valence-corrected chi connectivity index (χ0v) is 11.1. The SMILES string of the molecule is CC(C)OC(=O)Nc1ccccc1OCC(N)=S. The quantitative estimate of drug-likeness (QED) is 0.802. The molecule has 0 saturated carbocycles. The summed E-state index contributed by atoms with van der Waals surface area (Å²) >= 11 is 4.72. The van der Waals surface area contributed by atoms with Gasteiger partial charge in [-0.05, 0) is 26.0 Å². The van der Waals surface area contributed by atoms with E-state index in [1.54, 1.807) is 38.1 Å². The smallest absolute Gasteiger partial charge is 0.411 e. The topological polar surface area (TPSA) is 73.6 Å². The summed E-state index contributed by atoms with van der Waals surface area (Å²) in [5.41, 5.74) is 5.87. The van der Waals surface area contributed by atoms with E-state index in [4.69, 9.17) is 27.4 Å². The van der Waals surface area contributed by atoms with E-state index in [9.17, 15) is 4.79 Å². The van der Waals surface area contributed by atoms with Crippen molar-refractivity contribution in [3.8, 4) is 5.75 Å². The van der Waals surface area contributed by atoms with E-state index in [1.807, 2.05) is 0 Å². The van der Waals surface area contributed by atoms with Crippen molar-refractivity contribution < 1.29 is 14.3 Å². The predicted octanol–water partition coefficient (Wildman–Crippen LogP) is 2.31. The first-order valence-corrected chi connectivity index (χ1v) is 5.87. The first-order valence-electron chi connectivity index (χ1n) is 5.47. The van der Waals surface area contributed by atoms with Crippen LogP contribution in [0.15, 0.2) is 24.3 Å². The van der Waals surface area contributed by atoms with Crippen molar-refractivity contribution in [2.24, 2.45) is 5.73 Å². The zero-order valence-electron chi connectivity index (χ0n) is 10.3. The van der Waals surface area contributed by atoms with Crippen LogP contribution in [0.1, 0.15) is 13.8 Å². The van der Waals surface area contributed by atoms with Gasteiger partial charge in [0.2, 0.25) is 0 Å². The molecule has 0 unspecified atom stereocenters. The molecule has 0 atom stereocenters. The molecule has 1 aromatic rings. The molecule has 98 valence electrons. The third-order valence-electron chi connectivity index (χ3n) is 1.84. The molecule has 0 radical (unpaired) electrons. The van der Waals surface area contributed by atoms with Gasteiger partial charge < -0.3 is 15.2 Å². The number of amides is 1. The molecular weight excluding hydrogens is 252 g/mol. The Balaban J connectivity index is 2.69. The van der Waals surface area contributed by atoms with Crippen molar-refractivity contribution in [3.63, 3.8) is 0 Å². The van der Waals surface area contributed by atoms with E-state index >= 15 is 0 Å². The van der Waals surface area contributed by atoms with Crippen molar-refractivity contribution in [2.75, 3.05) is 11.9 Å². The Kier molecular flexibility index (Phi) is 5.38. The summed E-state index contributed by atoms with van der Waals surface area (Å²) < 4.78 is 10.3. The van der Waals surface area contributed by atoms with Gasteiger partial charge in [0.25, 0.3) is 0 Å². The van der Waals surface area contributed by atoms with Crippen LogP contribution in [0.25, 0.3) is 0 Å². The van der Waals surface area contributed by atoms with E-state index in [2.05, 4.69) is 5.32 Å². The van der Waals surface area contributed by atoms with Crippen LogP contribution in [-0.4, -0.2) is 23.8 Å². The Morgan fingerprint density at radius 3 is 2.72 bits per heavy atom. The molecule has 0 aliphatic heterocycles. The first kappa shape index (κ1) is 14.2. The Bertz CT molecular complexity index is 435. The van der Waals surface area contributed by atoms with Gasteiger partial charge in [0.1, 0.15) is 17.3 Å². The molecular formula is C12H16N2O3S. The summed E-state index contributed by atoms with van der Waals surface area (Å²) in [5, 5.41) is 2.60.